The van der Waals surface area contributed by atoms with E-state index >= 15 is 0 Å². The fourth-order valence-electron chi connectivity index (χ4n) is 1.72. The highest BCUT2D eigenvalue weighted by Crippen LogP contribution is 2.27. The van der Waals surface area contributed by atoms with Crippen LogP contribution in [-0.4, -0.2) is 23.2 Å². The Labute approximate surface area is 88.2 Å². The van der Waals surface area contributed by atoms with Gasteiger partial charge in [0, 0.05) is 18.0 Å². The second-order valence-electron chi connectivity index (χ2n) is 3.58. The molecule has 2 N–H and O–H groups in total. The van der Waals surface area contributed by atoms with E-state index < -0.39 is 0 Å². The molecule has 0 spiro atoms. The van der Waals surface area contributed by atoms with Crippen LogP contribution in [0, 0.1) is 0 Å². The van der Waals surface area contributed by atoms with E-state index in [1.807, 2.05) is 11.3 Å². The first-order valence-electron chi connectivity index (χ1n) is 5.19. The first-order valence-corrected chi connectivity index (χ1v) is 6.01. The molecular weight excluding hydrogens is 196 g/mol. The van der Waals surface area contributed by atoms with Crippen LogP contribution >= 0.6 is 11.3 Å². The quantitative estimate of drug-likeness (QED) is 0.719. The van der Waals surface area contributed by atoms with Gasteiger partial charge in [0.15, 0.2) is 0 Å². The summed E-state index contributed by atoms with van der Waals surface area (Å²) in [5, 5.41) is 13.1. The minimum Gasteiger partial charge on any atom is -0.396 e. The van der Waals surface area contributed by atoms with E-state index in [0.717, 1.165) is 19.5 Å². The molecule has 14 heavy (non-hydrogen) atoms. The zero-order chi connectivity index (χ0) is 9.80. The smallest absolute Gasteiger partial charge is 0.107 e. The number of nitrogens with one attached hydrogen (secondary N) is 1. The Bertz CT molecular complexity index is 277. The molecular formula is C10H16N2OS. The third-order valence-corrected chi connectivity index (χ3v) is 3.59. The van der Waals surface area contributed by atoms with Crippen molar-refractivity contribution < 1.29 is 5.11 Å². The van der Waals surface area contributed by atoms with Crippen LogP contribution in [0.2, 0.25) is 0 Å². The van der Waals surface area contributed by atoms with E-state index in [-0.39, 0.29) is 6.61 Å². The van der Waals surface area contributed by atoms with Crippen LogP contribution in [0.15, 0.2) is 0 Å². The molecule has 0 saturated carbocycles. The molecule has 0 fully saturated rings. The van der Waals surface area contributed by atoms with Crippen molar-refractivity contribution in [2.45, 2.75) is 32.2 Å². The number of nitrogens with zero attached hydrogens (tertiary/aromatic N) is 1. The SMILES string of the molecule is OCCCNCc1nc2c(s1)CCC2. The predicted molar refractivity (Wildman–Crippen MR) is 57.5 cm³/mol. The largest absolute Gasteiger partial charge is 0.396 e. The number of fused-ring (bicyclic) bond motifs is 1. The molecule has 0 amide bonds. The number of thiazole rings is 1. The highest BCUT2D eigenvalue weighted by atomic mass is 32.1. The Morgan fingerprint density at radius 2 is 2.36 bits per heavy atom. The molecule has 3 nitrogen and oxygen atoms in total. The predicted octanol–water partition coefficient (Wildman–Crippen LogP) is 1.10. The van der Waals surface area contributed by atoms with Gasteiger partial charge in [-0.2, -0.15) is 0 Å². The molecule has 0 unspecified atom stereocenters. The third kappa shape index (κ3) is 2.32. The maximum atomic E-state index is 8.61. The second kappa shape index (κ2) is 4.87. The number of aliphatic hydroxyl groups excluding tert-OH is 1. The van der Waals surface area contributed by atoms with Gasteiger partial charge < -0.3 is 10.4 Å². The van der Waals surface area contributed by atoms with Crippen LogP contribution in [0.4, 0.5) is 0 Å². The molecule has 4 heteroatoms. The molecule has 0 atom stereocenters. The Balaban J connectivity index is 1.79. The maximum absolute atomic E-state index is 8.61. The molecule has 1 aromatic heterocycles. The van der Waals surface area contributed by atoms with E-state index in [0.29, 0.717) is 0 Å². The van der Waals surface area contributed by atoms with E-state index in [4.69, 9.17) is 5.11 Å². The Morgan fingerprint density at radius 3 is 3.14 bits per heavy atom. The lowest BCUT2D eigenvalue weighted by Crippen LogP contribution is -2.15. The van der Waals surface area contributed by atoms with Crippen molar-refractivity contribution in [2.24, 2.45) is 0 Å². The van der Waals surface area contributed by atoms with E-state index in [1.165, 1.54) is 34.8 Å². The number of aryl methyl sites for hydroxylation is 2. The zero-order valence-corrected chi connectivity index (χ0v) is 9.07. The average molecular weight is 212 g/mol. The summed E-state index contributed by atoms with van der Waals surface area (Å²) >= 11 is 1.84. The van der Waals surface area contributed by atoms with Crippen molar-refractivity contribution in [2.75, 3.05) is 13.2 Å². The molecule has 1 aromatic rings. The van der Waals surface area contributed by atoms with E-state index in [1.54, 1.807) is 0 Å². The van der Waals surface area contributed by atoms with Crippen molar-refractivity contribution in [3.05, 3.63) is 15.6 Å². The summed E-state index contributed by atoms with van der Waals surface area (Å²) in [5.74, 6) is 0. The zero-order valence-electron chi connectivity index (χ0n) is 8.25. The number of aromatic nitrogens is 1. The summed E-state index contributed by atoms with van der Waals surface area (Å²) in [6, 6.07) is 0. The monoisotopic (exact) mass is 212 g/mol. The van der Waals surface area contributed by atoms with Crippen LogP contribution in [0.25, 0.3) is 0 Å². The first kappa shape index (κ1) is 10.1. The maximum Gasteiger partial charge on any atom is 0.107 e. The van der Waals surface area contributed by atoms with Crippen LogP contribution in [0.1, 0.15) is 28.4 Å². The van der Waals surface area contributed by atoms with Gasteiger partial charge in [0.1, 0.15) is 5.01 Å². The highest BCUT2D eigenvalue weighted by Gasteiger charge is 2.15. The number of aliphatic hydroxyl groups is 1. The van der Waals surface area contributed by atoms with Crippen molar-refractivity contribution in [1.82, 2.24) is 10.3 Å². The summed E-state index contributed by atoms with van der Waals surface area (Å²) in [5.41, 5.74) is 1.33. The summed E-state index contributed by atoms with van der Waals surface area (Å²) in [6.07, 6.45) is 4.50. The molecule has 0 saturated heterocycles. The summed E-state index contributed by atoms with van der Waals surface area (Å²) in [4.78, 5) is 6.07. The van der Waals surface area contributed by atoms with Crippen molar-refractivity contribution in [1.29, 1.82) is 0 Å². The standard InChI is InChI=1S/C10H16N2OS/c13-6-2-5-11-7-10-12-8-3-1-4-9(8)14-10/h11,13H,1-7H2. The Morgan fingerprint density at radius 1 is 1.43 bits per heavy atom. The van der Waals surface area contributed by atoms with Crippen LogP contribution in [0.5, 0.6) is 0 Å². The van der Waals surface area contributed by atoms with Gasteiger partial charge in [-0.15, -0.1) is 11.3 Å². The fourth-order valence-corrected chi connectivity index (χ4v) is 2.85. The Kier molecular flexibility index (Phi) is 3.50. The topological polar surface area (TPSA) is 45.1 Å². The number of hydrogen-bond acceptors (Lipinski definition) is 4. The number of rotatable bonds is 5. The Hall–Kier alpha value is -0.450. The van der Waals surface area contributed by atoms with E-state index in [2.05, 4.69) is 10.3 Å². The summed E-state index contributed by atoms with van der Waals surface area (Å²) in [6.45, 7) is 2.00. The molecule has 1 aliphatic carbocycles. The normalized spacial score (nSPS) is 14.6. The minimum absolute atomic E-state index is 0.265. The first-order chi connectivity index (χ1) is 6.90. The van der Waals surface area contributed by atoms with Crippen molar-refractivity contribution >= 4 is 11.3 Å². The fraction of sp³-hybridized carbons (Fsp3) is 0.700. The third-order valence-electron chi connectivity index (χ3n) is 2.43. The van der Waals surface area contributed by atoms with Gasteiger partial charge in [0.2, 0.25) is 0 Å². The van der Waals surface area contributed by atoms with Gasteiger partial charge in [0.05, 0.1) is 5.69 Å². The summed E-state index contributed by atoms with van der Waals surface area (Å²) in [7, 11) is 0. The van der Waals surface area contributed by atoms with Gasteiger partial charge >= 0.3 is 0 Å². The van der Waals surface area contributed by atoms with Gasteiger partial charge in [-0.3, -0.25) is 0 Å². The lowest BCUT2D eigenvalue weighted by Gasteiger charge is -1.99. The van der Waals surface area contributed by atoms with Gasteiger partial charge in [-0.25, -0.2) is 4.98 Å². The van der Waals surface area contributed by atoms with Gasteiger partial charge in [-0.05, 0) is 32.2 Å². The average Bonchev–Trinajstić information content (AvgIpc) is 2.72. The highest BCUT2D eigenvalue weighted by molar-refractivity contribution is 7.11. The summed E-state index contributed by atoms with van der Waals surface area (Å²) < 4.78 is 0. The van der Waals surface area contributed by atoms with Gasteiger partial charge in [-0.1, -0.05) is 0 Å². The molecule has 1 heterocycles. The minimum atomic E-state index is 0.265. The van der Waals surface area contributed by atoms with Crippen LogP contribution in [0.3, 0.4) is 0 Å². The van der Waals surface area contributed by atoms with Crippen molar-refractivity contribution in [3.8, 4) is 0 Å². The molecule has 78 valence electrons. The van der Waals surface area contributed by atoms with Crippen LogP contribution < -0.4 is 5.32 Å². The lowest BCUT2D eigenvalue weighted by atomic mass is 10.4. The second-order valence-corrected chi connectivity index (χ2v) is 4.75. The molecule has 0 aromatic carbocycles. The molecule has 1 aliphatic rings. The van der Waals surface area contributed by atoms with E-state index in [9.17, 15) is 0 Å². The number of hydrogen-bond donors (Lipinski definition) is 2. The van der Waals surface area contributed by atoms with Gasteiger partial charge in [0.25, 0.3) is 0 Å². The molecule has 2 rings (SSSR count). The molecule has 0 radical (unpaired) electrons. The van der Waals surface area contributed by atoms with Crippen molar-refractivity contribution in [3.63, 3.8) is 0 Å². The van der Waals surface area contributed by atoms with Crippen LogP contribution in [-0.2, 0) is 19.4 Å². The lowest BCUT2D eigenvalue weighted by molar-refractivity contribution is 0.286. The molecule has 0 aliphatic heterocycles. The molecule has 0 bridgehead atoms.